The van der Waals surface area contributed by atoms with Gasteiger partial charge in [-0.05, 0) is 49.0 Å². The molecule has 106 valence electrons. The third kappa shape index (κ3) is 2.93. The predicted octanol–water partition coefficient (Wildman–Crippen LogP) is 4.27. The number of fused-ring (bicyclic) bond motifs is 1. The number of hydrogen-bond donors (Lipinski definition) is 0. The zero-order chi connectivity index (χ0) is 14.2. The standard InChI is InChI=1S/C17H26O2/c1-11-6-8-15-14(10-17(15,4)5)12(2)16(9-7-11)19-13(3)18/h7,14-16H,2,6,8-10H2,1,3-5H3/b11-7-. The SMILES string of the molecule is C=C1C(OC(C)=O)C/C=C(/C)CCC2C1CC2(C)C. The average molecular weight is 262 g/mol. The summed E-state index contributed by atoms with van der Waals surface area (Å²) in [7, 11) is 0. The third-order valence-corrected chi connectivity index (χ3v) is 4.96. The van der Waals surface area contributed by atoms with E-state index >= 15 is 0 Å². The molecule has 3 atom stereocenters. The molecule has 0 aromatic rings. The van der Waals surface area contributed by atoms with Crippen molar-refractivity contribution in [3.63, 3.8) is 0 Å². The first kappa shape index (κ1) is 14.4. The van der Waals surface area contributed by atoms with E-state index in [-0.39, 0.29) is 12.1 Å². The van der Waals surface area contributed by atoms with E-state index in [0.717, 1.165) is 18.4 Å². The fourth-order valence-electron chi connectivity index (χ4n) is 3.73. The fourth-order valence-corrected chi connectivity index (χ4v) is 3.73. The molecule has 0 aromatic heterocycles. The smallest absolute Gasteiger partial charge is 0.303 e. The number of esters is 1. The van der Waals surface area contributed by atoms with Crippen LogP contribution in [0, 0.1) is 17.3 Å². The van der Waals surface area contributed by atoms with Crippen LogP contribution in [0.3, 0.4) is 0 Å². The summed E-state index contributed by atoms with van der Waals surface area (Å²) < 4.78 is 5.48. The zero-order valence-electron chi connectivity index (χ0n) is 12.7. The molecule has 0 N–H and O–H groups in total. The Bertz CT molecular complexity index is 417. The maximum atomic E-state index is 11.3. The van der Waals surface area contributed by atoms with Gasteiger partial charge in [0.05, 0.1) is 0 Å². The van der Waals surface area contributed by atoms with Crippen molar-refractivity contribution in [2.45, 2.75) is 59.5 Å². The quantitative estimate of drug-likeness (QED) is 0.521. The first-order valence-corrected chi connectivity index (χ1v) is 7.33. The lowest BCUT2D eigenvalue weighted by atomic mass is 9.52. The number of carbonyl (C=O) groups is 1. The normalized spacial score (nSPS) is 36.7. The number of allylic oxidation sites excluding steroid dienone is 1. The van der Waals surface area contributed by atoms with Crippen LogP contribution in [0.1, 0.15) is 53.4 Å². The summed E-state index contributed by atoms with van der Waals surface area (Å²) in [6, 6.07) is 0. The van der Waals surface area contributed by atoms with Gasteiger partial charge in [-0.2, -0.15) is 0 Å². The molecule has 19 heavy (non-hydrogen) atoms. The molecule has 1 fully saturated rings. The molecular weight excluding hydrogens is 236 g/mol. The molecule has 0 radical (unpaired) electrons. The largest absolute Gasteiger partial charge is 0.458 e. The lowest BCUT2D eigenvalue weighted by Gasteiger charge is -2.53. The van der Waals surface area contributed by atoms with Gasteiger partial charge in [0.15, 0.2) is 0 Å². The summed E-state index contributed by atoms with van der Waals surface area (Å²) in [4.78, 5) is 11.3. The van der Waals surface area contributed by atoms with E-state index in [1.807, 2.05) is 0 Å². The van der Waals surface area contributed by atoms with Gasteiger partial charge < -0.3 is 4.74 Å². The first-order chi connectivity index (χ1) is 8.81. The van der Waals surface area contributed by atoms with Crippen LogP contribution in [0.5, 0.6) is 0 Å². The number of carbonyl (C=O) groups excluding carboxylic acids is 1. The second kappa shape index (κ2) is 5.15. The maximum absolute atomic E-state index is 11.3. The van der Waals surface area contributed by atoms with Crippen molar-refractivity contribution < 1.29 is 9.53 Å². The first-order valence-electron chi connectivity index (χ1n) is 7.33. The molecule has 0 spiro atoms. The van der Waals surface area contributed by atoms with E-state index in [4.69, 9.17) is 4.74 Å². The molecule has 0 bridgehead atoms. The van der Waals surface area contributed by atoms with Crippen molar-refractivity contribution >= 4 is 5.97 Å². The molecule has 2 aliphatic rings. The van der Waals surface area contributed by atoms with E-state index in [9.17, 15) is 4.79 Å². The predicted molar refractivity (Wildman–Crippen MR) is 77.7 cm³/mol. The van der Waals surface area contributed by atoms with Gasteiger partial charge in [-0.25, -0.2) is 0 Å². The Morgan fingerprint density at radius 1 is 1.47 bits per heavy atom. The Hall–Kier alpha value is -1.05. The van der Waals surface area contributed by atoms with E-state index in [0.29, 0.717) is 17.3 Å². The second-order valence-electron chi connectivity index (χ2n) is 6.90. The van der Waals surface area contributed by atoms with Gasteiger partial charge in [0.25, 0.3) is 0 Å². The summed E-state index contributed by atoms with van der Waals surface area (Å²) in [5.74, 6) is 1.00. The fraction of sp³-hybridized carbons (Fsp3) is 0.706. The minimum Gasteiger partial charge on any atom is -0.458 e. The van der Waals surface area contributed by atoms with Gasteiger partial charge in [0.2, 0.25) is 0 Å². The molecule has 0 aromatic carbocycles. The topological polar surface area (TPSA) is 26.3 Å². The number of rotatable bonds is 1. The van der Waals surface area contributed by atoms with Crippen LogP contribution in [0.15, 0.2) is 23.8 Å². The highest BCUT2D eigenvalue weighted by Gasteiger charge is 2.49. The summed E-state index contributed by atoms with van der Waals surface area (Å²) in [6.07, 6.45) is 6.43. The van der Waals surface area contributed by atoms with E-state index < -0.39 is 0 Å². The zero-order valence-corrected chi connectivity index (χ0v) is 12.7. The van der Waals surface area contributed by atoms with Crippen molar-refractivity contribution in [2.24, 2.45) is 17.3 Å². The summed E-state index contributed by atoms with van der Waals surface area (Å²) in [6.45, 7) is 12.6. The highest BCUT2D eigenvalue weighted by atomic mass is 16.5. The van der Waals surface area contributed by atoms with Crippen LogP contribution in [-0.4, -0.2) is 12.1 Å². The number of hydrogen-bond acceptors (Lipinski definition) is 2. The molecular formula is C17H26O2. The van der Waals surface area contributed by atoms with Gasteiger partial charge in [0, 0.05) is 13.3 Å². The van der Waals surface area contributed by atoms with Crippen molar-refractivity contribution in [3.8, 4) is 0 Å². The van der Waals surface area contributed by atoms with Crippen LogP contribution in [0.2, 0.25) is 0 Å². The Balaban J connectivity index is 2.20. The molecule has 2 rings (SSSR count). The molecule has 2 heteroatoms. The minimum atomic E-state index is -0.202. The van der Waals surface area contributed by atoms with E-state index in [1.165, 1.54) is 25.3 Å². The Morgan fingerprint density at radius 2 is 2.16 bits per heavy atom. The van der Waals surface area contributed by atoms with Gasteiger partial charge in [-0.15, -0.1) is 0 Å². The molecule has 0 heterocycles. The van der Waals surface area contributed by atoms with E-state index in [1.54, 1.807) is 0 Å². The Labute approximate surface area is 116 Å². The Morgan fingerprint density at radius 3 is 2.74 bits per heavy atom. The van der Waals surface area contributed by atoms with Crippen LogP contribution in [0.25, 0.3) is 0 Å². The lowest BCUT2D eigenvalue weighted by molar-refractivity contribution is -0.145. The van der Waals surface area contributed by atoms with Crippen LogP contribution in [0.4, 0.5) is 0 Å². The molecule has 1 saturated carbocycles. The summed E-state index contributed by atoms with van der Waals surface area (Å²) in [5, 5.41) is 0. The van der Waals surface area contributed by atoms with Crippen molar-refractivity contribution in [1.29, 1.82) is 0 Å². The van der Waals surface area contributed by atoms with Crippen LogP contribution >= 0.6 is 0 Å². The highest BCUT2D eigenvalue weighted by molar-refractivity contribution is 5.66. The summed E-state index contributed by atoms with van der Waals surface area (Å²) >= 11 is 0. The maximum Gasteiger partial charge on any atom is 0.303 e. The number of ether oxygens (including phenoxy) is 1. The highest BCUT2D eigenvalue weighted by Crippen LogP contribution is 2.56. The summed E-state index contributed by atoms with van der Waals surface area (Å²) in [5.41, 5.74) is 2.94. The molecule has 2 aliphatic carbocycles. The minimum absolute atomic E-state index is 0.130. The van der Waals surface area contributed by atoms with Crippen molar-refractivity contribution in [1.82, 2.24) is 0 Å². The molecule has 0 saturated heterocycles. The third-order valence-electron chi connectivity index (χ3n) is 4.96. The van der Waals surface area contributed by atoms with Gasteiger partial charge in [0.1, 0.15) is 6.10 Å². The molecule has 3 unspecified atom stereocenters. The Kier molecular flexibility index (Phi) is 3.89. The van der Waals surface area contributed by atoms with Gasteiger partial charge in [-0.3, -0.25) is 4.79 Å². The van der Waals surface area contributed by atoms with Crippen molar-refractivity contribution in [2.75, 3.05) is 0 Å². The van der Waals surface area contributed by atoms with Crippen molar-refractivity contribution in [3.05, 3.63) is 23.8 Å². The molecule has 2 nitrogen and oxygen atoms in total. The molecule has 0 aliphatic heterocycles. The second-order valence-corrected chi connectivity index (χ2v) is 6.90. The monoisotopic (exact) mass is 262 g/mol. The van der Waals surface area contributed by atoms with E-state index in [2.05, 4.69) is 33.4 Å². The molecule has 0 amide bonds. The van der Waals surface area contributed by atoms with Gasteiger partial charge in [-0.1, -0.05) is 32.1 Å². The lowest BCUT2D eigenvalue weighted by Crippen LogP contribution is -2.46. The average Bonchev–Trinajstić information content (AvgIpc) is 2.33. The van der Waals surface area contributed by atoms with Gasteiger partial charge >= 0.3 is 5.97 Å². The van der Waals surface area contributed by atoms with Crippen LogP contribution < -0.4 is 0 Å². The van der Waals surface area contributed by atoms with Crippen LogP contribution in [-0.2, 0) is 9.53 Å².